The standard InChI is InChI=1S/C24H19N5O7/c30-23(15-5-8-20(21(13-15)29(33)34)27-9-11-35-12-10-27)25-18-4-2-1-3-17(18)24-26-19-7-6-16(28(31)32)14-22(19)36-24/h1-8,13-14H,9-12H2,(H,25,30). The first-order valence-corrected chi connectivity index (χ1v) is 11.0. The lowest BCUT2D eigenvalue weighted by Gasteiger charge is -2.28. The van der Waals surface area contributed by atoms with Crippen LogP contribution in [0.25, 0.3) is 22.6 Å². The molecular formula is C24H19N5O7. The van der Waals surface area contributed by atoms with Crippen LogP contribution in [0.4, 0.5) is 22.7 Å². The van der Waals surface area contributed by atoms with E-state index in [2.05, 4.69) is 10.3 Å². The molecule has 2 heterocycles. The van der Waals surface area contributed by atoms with Crippen molar-refractivity contribution in [3.05, 3.63) is 86.5 Å². The van der Waals surface area contributed by atoms with E-state index in [-0.39, 0.29) is 28.4 Å². The van der Waals surface area contributed by atoms with E-state index in [1.54, 1.807) is 30.3 Å². The van der Waals surface area contributed by atoms with Crippen LogP contribution in [0.1, 0.15) is 10.4 Å². The third kappa shape index (κ3) is 4.44. The van der Waals surface area contributed by atoms with Gasteiger partial charge in [0, 0.05) is 30.8 Å². The summed E-state index contributed by atoms with van der Waals surface area (Å²) >= 11 is 0. The minimum absolute atomic E-state index is 0.113. The SMILES string of the molecule is O=C(Nc1ccccc1-c1nc2ccc([N+](=O)[O-])cc2o1)c1ccc(N2CCOCC2)c([N+](=O)[O-])c1. The van der Waals surface area contributed by atoms with Crippen LogP contribution in [0.5, 0.6) is 0 Å². The first-order valence-electron chi connectivity index (χ1n) is 11.0. The maximum Gasteiger partial charge on any atom is 0.293 e. The molecule has 0 spiro atoms. The number of nitrogens with zero attached hydrogens (tertiary/aromatic N) is 4. The van der Waals surface area contributed by atoms with Crippen molar-refractivity contribution in [1.29, 1.82) is 0 Å². The van der Waals surface area contributed by atoms with E-state index in [0.29, 0.717) is 48.8 Å². The second-order valence-electron chi connectivity index (χ2n) is 7.99. The van der Waals surface area contributed by atoms with Gasteiger partial charge in [-0.25, -0.2) is 4.98 Å². The van der Waals surface area contributed by atoms with Crippen LogP contribution in [0.15, 0.2) is 65.1 Å². The van der Waals surface area contributed by atoms with Crippen molar-refractivity contribution in [3.63, 3.8) is 0 Å². The van der Waals surface area contributed by atoms with Crippen molar-refractivity contribution in [2.24, 2.45) is 0 Å². The molecular weight excluding hydrogens is 470 g/mol. The highest BCUT2D eigenvalue weighted by atomic mass is 16.6. The first-order chi connectivity index (χ1) is 17.4. The first kappa shape index (κ1) is 22.9. The summed E-state index contributed by atoms with van der Waals surface area (Å²) in [6.07, 6.45) is 0. The Morgan fingerprint density at radius 1 is 0.972 bits per heavy atom. The number of para-hydroxylation sites is 1. The number of ether oxygens (including phenoxy) is 1. The molecule has 36 heavy (non-hydrogen) atoms. The maximum absolute atomic E-state index is 13.1. The van der Waals surface area contributed by atoms with E-state index < -0.39 is 15.8 Å². The molecule has 1 fully saturated rings. The number of nitro groups is 2. The van der Waals surface area contributed by atoms with Crippen molar-refractivity contribution in [3.8, 4) is 11.5 Å². The second kappa shape index (κ2) is 9.43. The van der Waals surface area contributed by atoms with Gasteiger partial charge in [0.25, 0.3) is 17.3 Å². The Hall–Kier alpha value is -4.84. The fourth-order valence-electron chi connectivity index (χ4n) is 4.00. The fourth-order valence-corrected chi connectivity index (χ4v) is 4.00. The van der Waals surface area contributed by atoms with Gasteiger partial charge < -0.3 is 19.4 Å². The zero-order chi connectivity index (χ0) is 25.2. The number of fused-ring (bicyclic) bond motifs is 1. The predicted molar refractivity (Wildman–Crippen MR) is 130 cm³/mol. The van der Waals surface area contributed by atoms with Gasteiger partial charge >= 0.3 is 0 Å². The number of anilines is 2. The van der Waals surface area contributed by atoms with Crippen LogP contribution in [0, 0.1) is 20.2 Å². The summed E-state index contributed by atoms with van der Waals surface area (Å²) < 4.78 is 11.0. The Bertz CT molecular complexity index is 1490. The monoisotopic (exact) mass is 489 g/mol. The molecule has 1 N–H and O–H groups in total. The maximum atomic E-state index is 13.1. The molecule has 0 bridgehead atoms. The number of hydrogen-bond donors (Lipinski definition) is 1. The van der Waals surface area contributed by atoms with Crippen LogP contribution in [-0.2, 0) is 4.74 Å². The van der Waals surface area contributed by atoms with Crippen molar-refractivity contribution in [2.75, 3.05) is 36.5 Å². The number of carbonyl (C=O) groups is 1. The minimum atomic E-state index is -0.550. The van der Waals surface area contributed by atoms with Crippen molar-refractivity contribution < 1.29 is 23.8 Å². The van der Waals surface area contributed by atoms with Gasteiger partial charge in [0.05, 0.1) is 40.4 Å². The van der Waals surface area contributed by atoms with Crippen molar-refractivity contribution >= 4 is 39.8 Å². The molecule has 1 aliphatic rings. The summed E-state index contributed by atoms with van der Waals surface area (Å²) in [5.74, 6) is -0.388. The zero-order valence-corrected chi connectivity index (χ0v) is 18.7. The highest BCUT2D eigenvalue weighted by molar-refractivity contribution is 6.06. The Morgan fingerprint density at radius 3 is 2.50 bits per heavy atom. The Labute approximate surface area is 203 Å². The van der Waals surface area contributed by atoms with Gasteiger partial charge in [0.2, 0.25) is 5.89 Å². The number of hydrogen-bond acceptors (Lipinski definition) is 9. The third-order valence-electron chi connectivity index (χ3n) is 5.77. The predicted octanol–water partition coefficient (Wildman–Crippen LogP) is 4.40. The molecule has 1 aromatic heterocycles. The zero-order valence-electron chi connectivity index (χ0n) is 18.7. The Kier molecular flexibility index (Phi) is 6.00. The minimum Gasteiger partial charge on any atom is -0.436 e. The Balaban J connectivity index is 1.44. The molecule has 1 saturated heterocycles. The number of morpholine rings is 1. The molecule has 0 saturated carbocycles. The second-order valence-corrected chi connectivity index (χ2v) is 7.99. The number of nitrogens with one attached hydrogen (secondary N) is 1. The molecule has 5 rings (SSSR count). The summed E-state index contributed by atoms with van der Waals surface area (Å²) in [5.41, 5.74) is 1.71. The summed E-state index contributed by atoms with van der Waals surface area (Å²) in [6, 6.07) is 15.2. The average Bonchev–Trinajstić information content (AvgIpc) is 3.32. The molecule has 3 aromatic carbocycles. The molecule has 1 amide bonds. The van der Waals surface area contributed by atoms with Crippen LogP contribution < -0.4 is 10.2 Å². The number of oxazole rings is 1. The third-order valence-corrected chi connectivity index (χ3v) is 5.77. The van der Waals surface area contributed by atoms with Crippen LogP contribution in [0.3, 0.4) is 0 Å². The highest BCUT2D eigenvalue weighted by Crippen LogP contribution is 2.33. The number of rotatable bonds is 6. The molecule has 1 aliphatic heterocycles. The van der Waals surface area contributed by atoms with E-state index >= 15 is 0 Å². The van der Waals surface area contributed by atoms with Crippen LogP contribution >= 0.6 is 0 Å². The molecule has 4 aromatic rings. The van der Waals surface area contributed by atoms with Crippen LogP contribution in [-0.4, -0.2) is 47.0 Å². The van der Waals surface area contributed by atoms with Gasteiger partial charge in [0.15, 0.2) is 5.58 Å². The Morgan fingerprint density at radius 2 is 1.75 bits per heavy atom. The lowest BCUT2D eigenvalue weighted by Crippen LogP contribution is -2.36. The molecule has 0 atom stereocenters. The average molecular weight is 489 g/mol. The summed E-state index contributed by atoms with van der Waals surface area (Å²) in [5, 5.41) is 25.6. The van der Waals surface area contributed by atoms with E-state index in [9.17, 15) is 25.0 Å². The summed E-state index contributed by atoms with van der Waals surface area (Å²) in [6.45, 7) is 1.99. The number of aromatic nitrogens is 1. The molecule has 12 heteroatoms. The van der Waals surface area contributed by atoms with Gasteiger partial charge in [-0.15, -0.1) is 0 Å². The summed E-state index contributed by atoms with van der Waals surface area (Å²) in [4.78, 5) is 41.1. The van der Waals surface area contributed by atoms with Crippen molar-refractivity contribution in [2.45, 2.75) is 0 Å². The summed E-state index contributed by atoms with van der Waals surface area (Å²) in [7, 11) is 0. The molecule has 182 valence electrons. The largest absolute Gasteiger partial charge is 0.436 e. The number of benzene rings is 3. The van der Waals surface area contributed by atoms with Gasteiger partial charge in [-0.1, -0.05) is 12.1 Å². The number of nitro benzene ring substituents is 2. The molecule has 12 nitrogen and oxygen atoms in total. The number of amides is 1. The van der Waals surface area contributed by atoms with Crippen LogP contribution in [0.2, 0.25) is 0 Å². The van der Waals surface area contributed by atoms with Gasteiger partial charge in [-0.3, -0.25) is 25.0 Å². The van der Waals surface area contributed by atoms with Crippen molar-refractivity contribution in [1.82, 2.24) is 4.98 Å². The highest BCUT2D eigenvalue weighted by Gasteiger charge is 2.24. The smallest absolute Gasteiger partial charge is 0.293 e. The topological polar surface area (TPSA) is 154 Å². The lowest BCUT2D eigenvalue weighted by atomic mass is 10.1. The molecule has 0 radical (unpaired) electrons. The molecule has 0 aliphatic carbocycles. The normalized spacial score (nSPS) is 13.5. The van der Waals surface area contributed by atoms with Gasteiger partial charge in [-0.05, 0) is 30.3 Å². The number of non-ortho nitro benzene ring substituents is 1. The fraction of sp³-hybridized carbons (Fsp3) is 0.167. The quantitative estimate of drug-likeness (QED) is 0.306. The van der Waals surface area contributed by atoms with E-state index in [1.807, 2.05) is 4.90 Å². The van der Waals surface area contributed by atoms with Gasteiger partial charge in [-0.2, -0.15) is 0 Å². The van der Waals surface area contributed by atoms with E-state index in [1.165, 1.54) is 30.3 Å². The molecule has 0 unspecified atom stereocenters. The lowest BCUT2D eigenvalue weighted by molar-refractivity contribution is -0.384. The van der Waals surface area contributed by atoms with E-state index in [4.69, 9.17) is 9.15 Å². The van der Waals surface area contributed by atoms with Gasteiger partial charge in [0.1, 0.15) is 11.2 Å². The van der Waals surface area contributed by atoms with E-state index in [0.717, 1.165) is 0 Å². The number of carbonyl (C=O) groups excluding carboxylic acids is 1.